The van der Waals surface area contributed by atoms with E-state index in [9.17, 15) is 14.4 Å². The Bertz CT molecular complexity index is 334. The van der Waals surface area contributed by atoms with Gasteiger partial charge in [0.1, 0.15) is 5.92 Å². The molecular formula is C13H24N2O4. The molecule has 0 bridgehead atoms. The van der Waals surface area contributed by atoms with Crippen LogP contribution in [0, 0.1) is 11.3 Å². The van der Waals surface area contributed by atoms with Gasteiger partial charge in [-0.2, -0.15) is 0 Å². The summed E-state index contributed by atoms with van der Waals surface area (Å²) >= 11 is 0. The van der Waals surface area contributed by atoms with Crippen LogP contribution in [0.1, 0.15) is 34.6 Å². The molecule has 0 aliphatic heterocycles. The van der Waals surface area contributed by atoms with Crippen molar-refractivity contribution in [2.45, 2.75) is 34.6 Å². The second-order valence-corrected chi connectivity index (χ2v) is 5.22. The van der Waals surface area contributed by atoms with Crippen LogP contribution < -0.4 is 10.6 Å². The van der Waals surface area contributed by atoms with Gasteiger partial charge >= 0.3 is 5.97 Å². The van der Waals surface area contributed by atoms with Crippen molar-refractivity contribution in [3.8, 4) is 0 Å². The van der Waals surface area contributed by atoms with Crippen molar-refractivity contribution >= 4 is 17.8 Å². The number of ether oxygens (including phenoxy) is 1. The van der Waals surface area contributed by atoms with Crippen LogP contribution in [0.5, 0.6) is 0 Å². The van der Waals surface area contributed by atoms with Crippen molar-refractivity contribution in [2.75, 3.05) is 19.7 Å². The monoisotopic (exact) mass is 272 g/mol. The van der Waals surface area contributed by atoms with E-state index >= 15 is 0 Å². The van der Waals surface area contributed by atoms with Gasteiger partial charge in [0.25, 0.3) is 0 Å². The first kappa shape index (κ1) is 17.4. The molecule has 0 aliphatic rings. The summed E-state index contributed by atoms with van der Waals surface area (Å²) in [5.74, 6) is -2.27. The third-order valence-corrected chi connectivity index (χ3v) is 2.45. The van der Waals surface area contributed by atoms with Gasteiger partial charge in [0.05, 0.1) is 13.2 Å². The number of hydrogen-bond acceptors (Lipinski definition) is 4. The van der Waals surface area contributed by atoms with Crippen LogP contribution in [0.3, 0.4) is 0 Å². The van der Waals surface area contributed by atoms with E-state index in [0.717, 1.165) is 0 Å². The number of carbonyl (C=O) groups is 3. The van der Waals surface area contributed by atoms with Crippen LogP contribution >= 0.6 is 0 Å². The summed E-state index contributed by atoms with van der Waals surface area (Å²) in [4.78, 5) is 35.1. The second kappa shape index (κ2) is 7.76. The topological polar surface area (TPSA) is 84.5 Å². The minimum absolute atomic E-state index is 0.140. The number of amides is 2. The Morgan fingerprint density at radius 3 is 2.11 bits per heavy atom. The van der Waals surface area contributed by atoms with Gasteiger partial charge in [-0.1, -0.05) is 20.8 Å². The molecule has 0 saturated carbocycles. The lowest BCUT2D eigenvalue weighted by molar-refractivity contribution is -0.157. The first-order valence-corrected chi connectivity index (χ1v) is 6.45. The molecule has 1 atom stereocenters. The lowest BCUT2D eigenvalue weighted by Crippen LogP contribution is -2.46. The van der Waals surface area contributed by atoms with E-state index in [2.05, 4.69) is 10.6 Å². The Balaban J connectivity index is 4.66. The Labute approximate surface area is 114 Å². The lowest BCUT2D eigenvalue weighted by atomic mass is 9.80. The maximum atomic E-state index is 12.0. The summed E-state index contributed by atoms with van der Waals surface area (Å²) in [7, 11) is 0. The van der Waals surface area contributed by atoms with Gasteiger partial charge in [-0.05, 0) is 19.3 Å². The van der Waals surface area contributed by atoms with Gasteiger partial charge in [-0.15, -0.1) is 0 Å². The van der Waals surface area contributed by atoms with Crippen LogP contribution in [-0.2, 0) is 19.1 Å². The van der Waals surface area contributed by atoms with E-state index in [1.165, 1.54) is 0 Å². The molecule has 6 heteroatoms. The third kappa shape index (κ3) is 6.22. The molecule has 0 aromatic carbocycles. The Hall–Kier alpha value is -1.59. The van der Waals surface area contributed by atoms with Crippen molar-refractivity contribution in [3.63, 3.8) is 0 Å². The molecule has 0 aliphatic carbocycles. The summed E-state index contributed by atoms with van der Waals surface area (Å²) in [6.07, 6.45) is 0. The largest absolute Gasteiger partial charge is 0.465 e. The molecule has 0 saturated heterocycles. The number of likely N-dealkylation sites (N-methyl/N-ethyl adjacent to an activating group) is 1. The predicted octanol–water partition coefficient (Wildman–Crippen LogP) is 0.464. The normalized spacial score (nSPS) is 12.5. The average Bonchev–Trinajstić information content (AvgIpc) is 2.25. The number of carbonyl (C=O) groups excluding carboxylic acids is 3. The van der Waals surface area contributed by atoms with Gasteiger partial charge in [-0.3, -0.25) is 14.4 Å². The average molecular weight is 272 g/mol. The standard InChI is InChI=1S/C13H24N2O4/c1-6-14-9(16)8-15-11(17)10(13(3,4)5)12(18)19-7-2/h10H,6-8H2,1-5H3,(H,14,16)(H,15,17). The summed E-state index contributed by atoms with van der Waals surface area (Å²) in [5.41, 5.74) is -0.572. The molecular weight excluding hydrogens is 248 g/mol. The molecule has 0 rings (SSSR count). The van der Waals surface area contributed by atoms with Crippen molar-refractivity contribution in [3.05, 3.63) is 0 Å². The molecule has 0 fully saturated rings. The van der Waals surface area contributed by atoms with Crippen molar-refractivity contribution in [2.24, 2.45) is 11.3 Å². The Kier molecular flexibility index (Phi) is 7.11. The van der Waals surface area contributed by atoms with Crippen LogP contribution in [-0.4, -0.2) is 37.5 Å². The van der Waals surface area contributed by atoms with Gasteiger partial charge in [0.15, 0.2) is 0 Å². The van der Waals surface area contributed by atoms with E-state index in [1.807, 2.05) is 0 Å². The molecule has 2 amide bonds. The quantitative estimate of drug-likeness (QED) is 0.543. The zero-order chi connectivity index (χ0) is 15.1. The highest BCUT2D eigenvalue weighted by molar-refractivity contribution is 5.99. The van der Waals surface area contributed by atoms with Crippen LogP contribution in [0.4, 0.5) is 0 Å². The molecule has 2 N–H and O–H groups in total. The highest BCUT2D eigenvalue weighted by Gasteiger charge is 2.38. The summed E-state index contributed by atoms with van der Waals surface area (Å²) in [6, 6.07) is 0. The first-order chi connectivity index (χ1) is 8.73. The maximum absolute atomic E-state index is 12.0. The molecule has 110 valence electrons. The van der Waals surface area contributed by atoms with Crippen molar-refractivity contribution < 1.29 is 19.1 Å². The first-order valence-electron chi connectivity index (χ1n) is 6.45. The molecule has 0 heterocycles. The summed E-state index contributed by atoms with van der Waals surface area (Å²) in [6.45, 7) is 9.38. The number of hydrogen-bond donors (Lipinski definition) is 2. The van der Waals surface area contributed by atoms with Crippen LogP contribution in [0.25, 0.3) is 0 Å². The smallest absolute Gasteiger partial charge is 0.319 e. The molecule has 0 aromatic rings. The van der Waals surface area contributed by atoms with Gasteiger partial charge < -0.3 is 15.4 Å². The maximum Gasteiger partial charge on any atom is 0.319 e. The lowest BCUT2D eigenvalue weighted by Gasteiger charge is -2.27. The van der Waals surface area contributed by atoms with E-state index in [-0.39, 0.29) is 19.1 Å². The highest BCUT2D eigenvalue weighted by atomic mass is 16.5. The minimum Gasteiger partial charge on any atom is -0.465 e. The number of esters is 1. The number of nitrogens with one attached hydrogen (secondary N) is 2. The predicted molar refractivity (Wildman–Crippen MR) is 71.3 cm³/mol. The number of rotatable bonds is 6. The molecule has 6 nitrogen and oxygen atoms in total. The fourth-order valence-corrected chi connectivity index (χ4v) is 1.61. The molecule has 0 spiro atoms. The summed E-state index contributed by atoms with van der Waals surface area (Å²) in [5, 5.41) is 5.02. The Morgan fingerprint density at radius 1 is 1.11 bits per heavy atom. The van der Waals surface area contributed by atoms with Crippen LogP contribution in [0.2, 0.25) is 0 Å². The van der Waals surface area contributed by atoms with Gasteiger partial charge in [0.2, 0.25) is 11.8 Å². The van der Waals surface area contributed by atoms with Gasteiger partial charge in [0, 0.05) is 6.54 Å². The van der Waals surface area contributed by atoms with Gasteiger partial charge in [-0.25, -0.2) is 0 Å². The zero-order valence-corrected chi connectivity index (χ0v) is 12.3. The molecule has 19 heavy (non-hydrogen) atoms. The van der Waals surface area contributed by atoms with Crippen molar-refractivity contribution in [1.82, 2.24) is 10.6 Å². The van der Waals surface area contributed by atoms with Crippen molar-refractivity contribution in [1.29, 1.82) is 0 Å². The fraction of sp³-hybridized carbons (Fsp3) is 0.769. The van der Waals surface area contributed by atoms with E-state index in [1.54, 1.807) is 34.6 Å². The Morgan fingerprint density at radius 2 is 1.68 bits per heavy atom. The molecule has 1 unspecified atom stereocenters. The zero-order valence-electron chi connectivity index (χ0n) is 12.3. The van der Waals surface area contributed by atoms with E-state index in [4.69, 9.17) is 4.74 Å². The van der Waals surface area contributed by atoms with E-state index in [0.29, 0.717) is 6.54 Å². The van der Waals surface area contributed by atoms with Crippen LogP contribution in [0.15, 0.2) is 0 Å². The molecule has 0 aromatic heterocycles. The van der Waals surface area contributed by atoms with E-state index < -0.39 is 23.2 Å². The molecule has 0 radical (unpaired) electrons. The SMILES string of the molecule is CCNC(=O)CNC(=O)C(C(=O)OCC)C(C)(C)C. The second-order valence-electron chi connectivity index (χ2n) is 5.22. The minimum atomic E-state index is -0.929. The summed E-state index contributed by atoms with van der Waals surface area (Å²) < 4.78 is 4.91. The third-order valence-electron chi connectivity index (χ3n) is 2.45. The fourth-order valence-electron chi connectivity index (χ4n) is 1.61. The highest BCUT2D eigenvalue weighted by Crippen LogP contribution is 2.27.